The van der Waals surface area contributed by atoms with Crippen molar-refractivity contribution in [2.45, 2.75) is 32.5 Å². The monoisotopic (exact) mass is 187 g/mol. The summed E-state index contributed by atoms with van der Waals surface area (Å²) in [5, 5.41) is 11.8. The number of carboxylic acids is 1. The summed E-state index contributed by atoms with van der Waals surface area (Å²) in [6.45, 7) is 5.44. The third-order valence-corrected chi connectivity index (χ3v) is 2.48. The summed E-state index contributed by atoms with van der Waals surface area (Å²) in [5.74, 6) is -0.444. The van der Waals surface area contributed by atoms with Crippen LogP contribution in [0.2, 0.25) is 0 Å². The van der Waals surface area contributed by atoms with Crippen LogP contribution >= 0.6 is 0 Å². The molecule has 1 aliphatic heterocycles. The smallest absolute Gasteiger partial charge is 0.332 e. The Balaban J connectivity index is 2.37. The summed E-state index contributed by atoms with van der Waals surface area (Å²) in [7, 11) is 0. The Hall–Kier alpha value is -0.610. The Labute approximate surface area is 78.3 Å². The van der Waals surface area contributed by atoms with Crippen LogP contribution in [0.1, 0.15) is 20.3 Å². The van der Waals surface area contributed by atoms with E-state index in [0.717, 1.165) is 19.5 Å². The molecule has 3 atom stereocenters. The fraction of sp³-hybridized carbons (Fsp3) is 0.889. The zero-order chi connectivity index (χ0) is 9.84. The first-order valence-electron chi connectivity index (χ1n) is 4.70. The zero-order valence-electron chi connectivity index (χ0n) is 8.12. The lowest BCUT2D eigenvalue weighted by Gasteiger charge is -2.30. The number of rotatable bonds is 3. The van der Waals surface area contributed by atoms with Crippen molar-refractivity contribution in [1.29, 1.82) is 0 Å². The maximum absolute atomic E-state index is 10.5. The highest BCUT2D eigenvalue weighted by Crippen LogP contribution is 2.16. The minimum absolute atomic E-state index is 0.0415. The molecule has 1 heterocycles. The number of carboxylic acid groups (broad SMARTS) is 1. The second kappa shape index (κ2) is 4.58. The first-order valence-corrected chi connectivity index (χ1v) is 4.70. The van der Waals surface area contributed by atoms with Gasteiger partial charge in [-0.2, -0.15) is 0 Å². The highest BCUT2D eigenvalue weighted by atomic mass is 16.5. The van der Waals surface area contributed by atoms with Crippen LogP contribution < -0.4 is 5.32 Å². The zero-order valence-corrected chi connectivity index (χ0v) is 8.12. The highest BCUT2D eigenvalue weighted by Gasteiger charge is 2.25. The molecule has 76 valence electrons. The molecule has 0 spiro atoms. The standard InChI is InChI=1S/C9H17NO3/c1-6-3-4-10-5-8(6)13-7(2)9(11)12/h6-8,10H,3-5H2,1-2H3,(H,11,12). The van der Waals surface area contributed by atoms with Gasteiger partial charge in [0.1, 0.15) is 0 Å². The van der Waals surface area contributed by atoms with E-state index in [1.807, 2.05) is 0 Å². The van der Waals surface area contributed by atoms with E-state index >= 15 is 0 Å². The molecule has 2 N–H and O–H groups in total. The molecule has 13 heavy (non-hydrogen) atoms. The first-order chi connectivity index (χ1) is 6.11. The van der Waals surface area contributed by atoms with Gasteiger partial charge in [0.25, 0.3) is 0 Å². The van der Waals surface area contributed by atoms with E-state index in [0.29, 0.717) is 5.92 Å². The van der Waals surface area contributed by atoms with Gasteiger partial charge in [-0.1, -0.05) is 6.92 Å². The number of ether oxygens (including phenoxy) is 1. The van der Waals surface area contributed by atoms with Crippen molar-refractivity contribution in [2.24, 2.45) is 5.92 Å². The first kappa shape index (κ1) is 10.5. The molecule has 0 saturated carbocycles. The molecule has 0 aromatic rings. The number of nitrogens with one attached hydrogen (secondary N) is 1. The molecular weight excluding hydrogens is 170 g/mol. The molecule has 0 radical (unpaired) electrons. The summed E-state index contributed by atoms with van der Waals surface area (Å²) in [5.41, 5.74) is 0. The molecule has 0 aromatic heterocycles. The molecule has 0 aromatic carbocycles. The molecule has 0 aliphatic carbocycles. The minimum Gasteiger partial charge on any atom is -0.479 e. The van der Waals surface area contributed by atoms with Crippen LogP contribution in [-0.4, -0.2) is 36.4 Å². The topological polar surface area (TPSA) is 58.6 Å². The fourth-order valence-electron chi connectivity index (χ4n) is 1.46. The summed E-state index contributed by atoms with van der Waals surface area (Å²) in [6, 6.07) is 0. The van der Waals surface area contributed by atoms with Gasteiger partial charge in [-0.25, -0.2) is 4.79 Å². The number of hydrogen-bond donors (Lipinski definition) is 2. The lowest BCUT2D eigenvalue weighted by Crippen LogP contribution is -2.43. The predicted octanol–water partition coefficient (Wildman–Crippen LogP) is 0.474. The molecule has 0 amide bonds. The van der Waals surface area contributed by atoms with E-state index in [4.69, 9.17) is 9.84 Å². The van der Waals surface area contributed by atoms with Crippen molar-refractivity contribution in [1.82, 2.24) is 5.32 Å². The molecule has 4 nitrogen and oxygen atoms in total. The lowest BCUT2D eigenvalue weighted by atomic mass is 9.97. The van der Waals surface area contributed by atoms with E-state index in [2.05, 4.69) is 12.2 Å². The third-order valence-electron chi connectivity index (χ3n) is 2.48. The quantitative estimate of drug-likeness (QED) is 0.674. The van der Waals surface area contributed by atoms with Gasteiger partial charge in [-0.15, -0.1) is 0 Å². The Bertz CT molecular complexity index is 184. The molecular formula is C9H17NO3. The van der Waals surface area contributed by atoms with Crippen molar-refractivity contribution in [3.8, 4) is 0 Å². The molecule has 3 unspecified atom stereocenters. The van der Waals surface area contributed by atoms with Gasteiger partial charge in [0.05, 0.1) is 6.10 Å². The van der Waals surface area contributed by atoms with Gasteiger partial charge >= 0.3 is 5.97 Å². The van der Waals surface area contributed by atoms with Crippen molar-refractivity contribution in [3.05, 3.63) is 0 Å². The Kier molecular flexibility index (Phi) is 3.69. The molecule has 0 bridgehead atoms. The van der Waals surface area contributed by atoms with Gasteiger partial charge in [0.2, 0.25) is 0 Å². The van der Waals surface area contributed by atoms with Crippen LogP contribution in [0.15, 0.2) is 0 Å². The summed E-state index contributed by atoms with van der Waals surface area (Å²) in [4.78, 5) is 10.5. The number of hydrogen-bond acceptors (Lipinski definition) is 3. The number of aliphatic carboxylic acids is 1. The van der Waals surface area contributed by atoms with Crippen molar-refractivity contribution in [2.75, 3.05) is 13.1 Å². The van der Waals surface area contributed by atoms with Crippen LogP contribution in [0, 0.1) is 5.92 Å². The second-order valence-corrected chi connectivity index (χ2v) is 3.63. The molecule has 1 saturated heterocycles. The largest absolute Gasteiger partial charge is 0.479 e. The minimum atomic E-state index is -0.891. The molecule has 1 fully saturated rings. The Morgan fingerprint density at radius 3 is 2.92 bits per heavy atom. The van der Waals surface area contributed by atoms with Crippen molar-refractivity contribution < 1.29 is 14.6 Å². The van der Waals surface area contributed by atoms with E-state index in [-0.39, 0.29) is 6.10 Å². The number of carbonyl (C=O) groups is 1. The van der Waals surface area contributed by atoms with Gasteiger partial charge in [-0.3, -0.25) is 0 Å². The van der Waals surface area contributed by atoms with Gasteiger partial charge in [-0.05, 0) is 25.8 Å². The average Bonchev–Trinajstić information content (AvgIpc) is 2.08. The third kappa shape index (κ3) is 2.97. The predicted molar refractivity (Wildman–Crippen MR) is 48.6 cm³/mol. The molecule has 1 aliphatic rings. The normalized spacial score (nSPS) is 31.2. The van der Waals surface area contributed by atoms with E-state index in [1.165, 1.54) is 0 Å². The van der Waals surface area contributed by atoms with Crippen LogP contribution in [0.25, 0.3) is 0 Å². The maximum atomic E-state index is 10.5. The van der Waals surface area contributed by atoms with Gasteiger partial charge in [0, 0.05) is 6.54 Å². The van der Waals surface area contributed by atoms with Crippen LogP contribution in [-0.2, 0) is 9.53 Å². The lowest BCUT2D eigenvalue weighted by molar-refractivity contribution is -0.155. The van der Waals surface area contributed by atoms with E-state index in [1.54, 1.807) is 6.92 Å². The van der Waals surface area contributed by atoms with Gasteiger partial charge in [0.15, 0.2) is 6.10 Å². The molecule has 1 rings (SSSR count). The average molecular weight is 187 g/mol. The van der Waals surface area contributed by atoms with Crippen LogP contribution in [0.5, 0.6) is 0 Å². The van der Waals surface area contributed by atoms with Gasteiger partial charge < -0.3 is 15.2 Å². The van der Waals surface area contributed by atoms with E-state index in [9.17, 15) is 4.79 Å². The van der Waals surface area contributed by atoms with E-state index < -0.39 is 12.1 Å². The molecule has 4 heteroatoms. The highest BCUT2D eigenvalue weighted by molar-refractivity contribution is 5.71. The summed E-state index contributed by atoms with van der Waals surface area (Å²) < 4.78 is 5.40. The van der Waals surface area contributed by atoms with Crippen LogP contribution in [0.4, 0.5) is 0 Å². The SMILES string of the molecule is CC(OC1CNCCC1C)C(=O)O. The Morgan fingerprint density at radius 2 is 2.38 bits per heavy atom. The maximum Gasteiger partial charge on any atom is 0.332 e. The number of piperidine rings is 1. The second-order valence-electron chi connectivity index (χ2n) is 3.63. The Morgan fingerprint density at radius 1 is 1.69 bits per heavy atom. The van der Waals surface area contributed by atoms with Crippen LogP contribution in [0.3, 0.4) is 0 Å². The summed E-state index contributed by atoms with van der Waals surface area (Å²) >= 11 is 0. The summed E-state index contributed by atoms with van der Waals surface area (Å²) in [6.07, 6.45) is 0.393. The van der Waals surface area contributed by atoms with Crippen molar-refractivity contribution >= 4 is 5.97 Å². The van der Waals surface area contributed by atoms with Crippen molar-refractivity contribution in [3.63, 3.8) is 0 Å². The fourth-order valence-corrected chi connectivity index (χ4v) is 1.46.